The summed E-state index contributed by atoms with van der Waals surface area (Å²) in [7, 11) is 0. The third kappa shape index (κ3) is 5.29. The first-order valence-corrected chi connectivity index (χ1v) is 9.66. The number of hydrogen-bond acceptors (Lipinski definition) is 4. The number of nitrogens with one attached hydrogen (secondary N) is 1. The summed E-state index contributed by atoms with van der Waals surface area (Å²) in [6.45, 7) is 5.94. The predicted molar refractivity (Wildman–Crippen MR) is 103 cm³/mol. The Hall–Kier alpha value is -1.92. The van der Waals surface area contributed by atoms with Crippen LogP contribution in [0.2, 0.25) is 5.02 Å². The number of aryl methyl sites for hydroxylation is 1. The van der Waals surface area contributed by atoms with E-state index in [0.717, 1.165) is 44.1 Å². The molecule has 1 fully saturated rings. The number of aromatic nitrogens is 3. The second kappa shape index (κ2) is 9.14. The molecule has 26 heavy (non-hydrogen) atoms. The Kier molecular flexibility index (Phi) is 6.63. The molecular weight excluding hydrogens is 350 g/mol. The highest BCUT2D eigenvalue weighted by atomic mass is 35.5. The number of hydrogen-bond donors (Lipinski definition) is 1. The standard InChI is InChI=1S/C19H26ClN5O/c1-2-25-14-21-23-18(25)13-24-11-3-4-15(12-24)5-10-19(26)22-17-8-6-16(20)7-9-17/h6-9,14-15H,2-5,10-13H2,1H3,(H,22,26). The minimum Gasteiger partial charge on any atom is -0.326 e. The van der Waals surface area contributed by atoms with Crippen LogP contribution in [-0.2, 0) is 17.9 Å². The van der Waals surface area contributed by atoms with Gasteiger partial charge in [-0.15, -0.1) is 10.2 Å². The second-order valence-electron chi connectivity index (χ2n) is 6.87. The number of amides is 1. The van der Waals surface area contributed by atoms with Crippen molar-refractivity contribution in [2.75, 3.05) is 18.4 Å². The van der Waals surface area contributed by atoms with Gasteiger partial charge < -0.3 is 9.88 Å². The maximum atomic E-state index is 12.2. The molecular formula is C19H26ClN5O. The fraction of sp³-hybridized carbons (Fsp3) is 0.526. The van der Waals surface area contributed by atoms with Gasteiger partial charge in [0.25, 0.3) is 0 Å². The van der Waals surface area contributed by atoms with Crippen molar-refractivity contribution in [1.82, 2.24) is 19.7 Å². The first-order valence-electron chi connectivity index (χ1n) is 9.28. The third-order valence-electron chi connectivity index (χ3n) is 4.91. The van der Waals surface area contributed by atoms with Gasteiger partial charge in [0.2, 0.25) is 5.91 Å². The maximum absolute atomic E-state index is 12.2. The summed E-state index contributed by atoms with van der Waals surface area (Å²) in [5.41, 5.74) is 0.795. The lowest BCUT2D eigenvalue weighted by Crippen LogP contribution is -2.36. The molecule has 7 heteroatoms. The Morgan fingerprint density at radius 2 is 2.15 bits per heavy atom. The molecule has 0 bridgehead atoms. The molecule has 2 aromatic rings. The van der Waals surface area contributed by atoms with E-state index in [-0.39, 0.29) is 5.91 Å². The Bertz CT molecular complexity index is 715. The van der Waals surface area contributed by atoms with Crippen LogP contribution in [0.25, 0.3) is 0 Å². The summed E-state index contributed by atoms with van der Waals surface area (Å²) in [4.78, 5) is 14.6. The lowest BCUT2D eigenvalue weighted by atomic mass is 9.93. The Morgan fingerprint density at radius 1 is 1.35 bits per heavy atom. The van der Waals surface area contributed by atoms with E-state index in [1.54, 1.807) is 18.5 Å². The van der Waals surface area contributed by atoms with E-state index < -0.39 is 0 Å². The van der Waals surface area contributed by atoms with Crippen LogP contribution < -0.4 is 5.32 Å². The van der Waals surface area contributed by atoms with E-state index in [1.165, 1.54) is 12.8 Å². The normalized spacial score (nSPS) is 18.0. The first kappa shape index (κ1) is 18.9. The number of halogens is 1. The topological polar surface area (TPSA) is 63.1 Å². The lowest BCUT2D eigenvalue weighted by molar-refractivity contribution is -0.116. The number of carbonyl (C=O) groups excluding carboxylic acids is 1. The van der Waals surface area contributed by atoms with Gasteiger partial charge in [0.05, 0.1) is 6.54 Å². The molecule has 0 saturated carbocycles. The van der Waals surface area contributed by atoms with Crippen molar-refractivity contribution in [3.63, 3.8) is 0 Å². The summed E-state index contributed by atoms with van der Waals surface area (Å²) in [6, 6.07) is 7.22. The van der Waals surface area contributed by atoms with Gasteiger partial charge >= 0.3 is 0 Å². The summed E-state index contributed by atoms with van der Waals surface area (Å²) in [5.74, 6) is 1.64. The van der Waals surface area contributed by atoms with Crippen LogP contribution >= 0.6 is 11.6 Å². The summed E-state index contributed by atoms with van der Waals surface area (Å²) >= 11 is 5.87. The van der Waals surface area contributed by atoms with Gasteiger partial charge in [0.15, 0.2) is 0 Å². The molecule has 1 aromatic carbocycles. The van der Waals surface area contributed by atoms with Crippen molar-refractivity contribution in [3.8, 4) is 0 Å². The largest absolute Gasteiger partial charge is 0.326 e. The number of benzene rings is 1. The van der Waals surface area contributed by atoms with Gasteiger partial charge in [-0.25, -0.2) is 0 Å². The zero-order chi connectivity index (χ0) is 18.4. The molecule has 1 unspecified atom stereocenters. The fourth-order valence-electron chi connectivity index (χ4n) is 3.49. The van der Waals surface area contributed by atoms with Crippen LogP contribution in [0.1, 0.15) is 38.4 Å². The van der Waals surface area contributed by atoms with Crippen LogP contribution in [0.5, 0.6) is 0 Å². The molecule has 0 radical (unpaired) electrons. The van der Waals surface area contributed by atoms with Crippen LogP contribution in [0.15, 0.2) is 30.6 Å². The van der Waals surface area contributed by atoms with Gasteiger partial charge in [0, 0.05) is 30.2 Å². The summed E-state index contributed by atoms with van der Waals surface area (Å²) in [6.07, 6.45) is 5.61. The Morgan fingerprint density at radius 3 is 2.92 bits per heavy atom. The van der Waals surface area contributed by atoms with E-state index in [4.69, 9.17) is 11.6 Å². The van der Waals surface area contributed by atoms with Gasteiger partial charge in [-0.2, -0.15) is 0 Å². The van der Waals surface area contributed by atoms with Crippen molar-refractivity contribution in [3.05, 3.63) is 41.4 Å². The van der Waals surface area contributed by atoms with Crippen molar-refractivity contribution in [2.24, 2.45) is 5.92 Å². The summed E-state index contributed by atoms with van der Waals surface area (Å²) in [5, 5.41) is 11.8. The zero-order valence-corrected chi connectivity index (χ0v) is 16.0. The first-order chi connectivity index (χ1) is 12.6. The van der Waals surface area contributed by atoms with Crippen LogP contribution in [-0.4, -0.2) is 38.7 Å². The molecule has 1 aliphatic heterocycles. The lowest BCUT2D eigenvalue weighted by Gasteiger charge is -2.32. The minimum absolute atomic E-state index is 0.0650. The van der Waals surface area contributed by atoms with Gasteiger partial charge in [-0.1, -0.05) is 11.6 Å². The fourth-order valence-corrected chi connectivity index (χ4v) is 3.61. The van der Waals surface area contributed by atoms with E-state index in [2.05, 4.69) is 31.9 Å². The molecule has 3 rings (SSSR count). The smallest absolute Gasteiger partial charge is 0.224 e. The molecule has 6 nitrogen and oxygen atoms in total. The number of anilines is 1. The molecule has 1 saturated heterocycles. The molecule has 1 aromatic heterocycles. The quantitative estimate of drug-likeness (QED) is 0.803. The Labute approximate surface area is 159 Å². The molecule has 1 aliphatic rings. The molecule has 1 atom stereocenters. The van der Waals surface area contributed by atoms with E-state index in [0.29, 0.717) is 17.4 Å². The highest BCUT2D eigenvalue weighted by Crippen LogP contribution is 2.22. The van der Waals surface area contributed by atoms with Crippen molar-refractivity contribution < 1.29 is 4.79 Å². The molecule has 140 valence electrons. The molecule has 0 aliphatic carbocycles. The van der Waals surface area contributed by atoms with Crippen LogP contribution in [0.4, 0.5) is 5.69 Å². The van der Waals surface area contributed by atoms with Crippen LogP contribution in [0.3, 0.4) is 0 Å². The van der Waals surface area contributed by atoms with Gasteiger partial charge in [-0.05, 0) is 62.9 Å². The van der Waals surface area contributed by atoms with Crippen molar-refractivity contribution in [2.45, 2.75) is 45.7 Å². The molecule has 2 heterocycles. The SMILES string of the molecule is CCn1cnnc1CN1CCCC(CCC(=O)Nc2ccc(Cl)cc2)C1. The average Bonchev–Trinajstić information content (AvgIpc) is 3.09. The Balaban J connectivity index is 1.44. The predicted octanol–water partition coefficient (Wildman–Crippen LogP) is 3.58. The zero-order valence-electron chi connectivity index (χ0n) is 15.2. The van der Waals surface area contributed by atoms with E-state index in [1.807, 2.05) is 12.1 Å². The number of carbonyl (C=O) groups is 1. The molecule has 1 N–H and O–H groups in total. The number of nitrogens with zero attached hydrogens (tertiary/aromatic N) is 4. The second-order valence-corrected chi connectivity index (χ2v) is 7.31. The minimum atomic E-state index is 0.0650. The van der Waals surface area contributed by atoms with E-state index >= 15 is 0 Å². The average molecular weight is 376 g/mol. The van der Waals surface area contributed by atoms with Crippen molar-refractivity contribution in [1.29, 1.82) is 0 Å². The number of rotatable bonds is 7. The highest BCUT2D eigenvalue weighted by molar-refractivity contribution is 6.30. The summed E-state index contributed by atoms with van der Waals surface area (Å²) < 4.78 is 2.09. The highest BCUT2D eigenvalue weighted by Gasteiger charge is 2.22. The van der Waals surface area contributed by atoms with Crippen molar-refractivity contribution >= 4 is 23.2 Å². The van der Waals surface area contributed by atoms with Gasteiger partial charge in [0.1, 0.15) is 12.2 Å². The monoisotopic (exact) mass is 375 g/mol. The molecule has 0 spiro atoms. The number of piperidine rings is 1. The maximum Gasteiger partial charge on any atom is 0.224 e. The van der Waals surface area contributed by atoms with E-state index in [9.17, 15) is 4.79 Å². The third-order valence-corrected chi connectivity index (χ3v) is 5.16. The van der Waals surface area contributed by atoms with Gasteiger partial charge in [-0.3, -0.25) is 9.69 Å². The number of likely N-dealkylation sites (tertiary alicyclic amines) is 1. The molecule has 1 amide bonds. The van der Waals surface area contributed by atoms with Crippen LogP contribution in [0, 0.1) is 5.92 Å².